The van der Waals surface area contributed by atoms with Crippen molar-refractivity contribution in [3.8, 4) is 0 Å². The Balaban J connectivity index is 1.89. The van der Waals surface area contributed by atoms with Crippen LogP contribution in [-0.2, 0) is 6.54 Å². The molecule has 0 spiro atoms. The molecule has 2 aromatic carbocycles. The number of halogens is 1. The van der Waals surface area contributed by atoms with Crippen LogP contribution in [0.3, 0.4) is 0 Å². The number of aliphatic imine (C=N–C) groups is 1. The summed E-state index contributed by atoms with van der Waals surface area (Å²) in [6, 6.07) is 19.6. The van der Waals surface area contributed by atoms with Gasteiger partial charge in [-0.3, -0.25) is 4.99 Å². The van der Waals surface area contributed by atoms with E-state index in [2.05, 4.69) is 4.99 Å². The Morgan fingerprint density at radius 1 is 1.00 bits per heavy atom. The summed E-state index contributed by atoms with van der Waals surface area (Å²) < 4.78 is 12.6. The number of benzene rings is 2. The van der Waals surface area contributed by atoms with Gasteiger partial charge >= 0.3 is 0 Å². The number of nitrogens with one attached hydrogen (secondary N) is 1. The van der Waals surface area contributed by atoms with Crippen molar-refractivity contribution >= 4 is 26.8 Å². The lowest BCUT2D eigenvalue weighted by Gasteiger charge is -2.02. The molecule has 2 nitrogen and oxygen atoms in total. The molecule has 0 aliphatic rings. The first-order chi connectivity index (χ1) is 9.38. The van der Waals surface area contributed by atoms with E-state index in [9.17, 15) is 4.48 Å². The highest BCUT2D eigenvalue weighted by atomic mass is 33.1. The quantitative estimate of drug-likeness (QED) is 0.390. The third-order valence-corrected chi connectivity index (χ3v) is 4.50. The Morgan fingerprint density at radius 3 is 2.26 bits per heavy atom. The van der Waals surface area contributed by atoms with Crippen LogP contribution in [0.15, 0.2) is 70.6 Å². The highest BCUT2D eigenvalue weighted by molar-refractivity contribution is 8.82. The van der Waals surface area contributed by atoms with E-state index in [1.54, 1.807) is 5.54 Å². The van der Waals surface area contributed by atoms with Crippen LogP contribution in [0.25, 0.3) is 0 Å². The smallest absolute Gasteiger partial charge is 0.196 e. The summed E-state index contributed by atoms with van der Waals surface area (Å²) in [5.41, 5.74) is 2.69. The maximum atomic E-state index is 12.6. The molecule has 0 aromatic heterocycles. The lowest BCUT2D eigenvalue weighted by Crippen LogP contribution is -2.08. The van der Waals surface area contributed by atoms with Gasteiger partial charge in [-0.1, -0.05) is 48.5 Å². The van der Waals surface area contributed by atoms with Crippen molar-refractivity contribution in [1.82, 2.24) is 5.54 Å². The molecule has 0 heterocycles. The molecule has 0 saturated heterocycles. The van der Waals surface area contributed by atoms with Gasteiger partial charge < -0.3 is 0 Å². The fourth-order valence-corrected chi connectivity index (χ4v) is 3.09. The number of rotatable bonds is 4. The fourth-order valence-electron chi connectivity index (χ4n) is 1.38. The van der Waals surface area contributed by atoms with E-state index in [1.165, 1.54) is 21.6 Å². The molecule has 2 rings (SSSR count). The van der Waals surface area contributed by atoms with E-state index in [-0.39, 0.29) is 5.17 Å². The van der Waals surface area contributed by atoms with E-state index in [1.807, 2.05) is 60.7 Å². The summed E-state index contributed by atoms with van der Waals surface area (Å²) in [6.07, 6.45) is 0. The van der Waals surface area contributed by atoms with Crippen LogP contribution in [0.2, 0.25) is 0 Å². The van der Waals surface area contributed by atoms with Crippen molar-refractivity contribution in [2.75, 3.05) is 0 Å². The largest absolute Gasteiger partial charge is 0.255 e. The number of nitrogens with zero attached hydrogens (tertiary/aromatic N) is 1. The normalized spacial score (nSPS) is 11.3. The van der Waals surface area contributed by atoms with Gasteiger partial charge in [-0.25, -0.2) is 0 Å². The highest BCUT2D eigenvalue weighted by Crippen LogP contribution is 2.31. The molecule has 0 radical (unpaired) electrons. The number of hydrogen-bond acceptors (Lipinski definition) is 3. The monoisotopic (exact) mass is 292 g/mol. The summed E-state index contributed by atoms with van der Waals surface area (Å²) in [5, 5.41) is 0.276. The molecular formula is C14H13FN2S2. The zero-order chi connectivity index (χ0) is 13.3. The zero-order valence-corrected chi connectivity index (χ0v) is 11.8. The van der Waals surface area contributed by atoms with E-state index in [0.29, 0.717) is 6.54 Å². The minimum atomic E-state index is 0.276. The minimum Gasteiger partial charge on any atom is -0.255 e. The summed E-state index contributed by atoms with van der Waals surface area (Å²) in [7, 11) is 2.75. The van der Waals surface area contributed by atoms with E-state index in [4.69, 9.17) is 0 Å². The number of amidine groups is 1. The lowest BCUT2D eigenvalue weighted by atomic mass is 10.2. The summed E-state index contributed by atoms with van der Waals surface area (Å²) >= 11 is 0. The average Bonchev–Trinajstić information content (AvgIpc) is 2.49. The maximum absolute atomic E-state index is 12.6. The van der Waals surface area contributed by atoms with Gasteiger partial charge in [0, 0.05) is 4.90 Å². The van der Waals surface area contributed by atoms with Gasteiger partial charge in [-0.2, -0.15) is 5.54 Å². The van der Waals surface area contributed by atoms with E-state index < -0.39 is 0 Å². The predicted octanol–water partition coefficient (Wildman–Crippen LogP) is 4.46. The first-order valence-electron chi connectivity index (χ1n) is 5.73. The predicted molar refractivity (Wildman–Crippen MR) is 81.7 cm³/mol. The second-order valence-electron chi connectivity index (χ2n) is 3.68. The van der Waals surface area contributed by atoms with Gasteiger partial charge in [-0.05, 0) is 39.3 Å². The highest BCUT2D eigenvalue weighted by Gasteiger charge is 2.01. The second-order valence-corrected chi connectivity index (χ2v) is 5.87. The average molecular weight is 292 g/mol. The van der Waals surface area contributed by atoms with Crippen molar-refractivity contribution < 1.29 is 4.48 Å². The van der Waals surface area contributed by atoms with Crippen molar-refractivity contribution in [2.24, 2.45) is 4.99 Å². The van der Waals surface area contributed by atoms with Crippen molar-refractivity contribution in [1.29, 1.82) is 0 Å². The molecule has 5 heteroatoms. The Bertz CT molecular complexity index is 517. The molecule has 0 saturated carbocycles. The molecule has 1 N–H and O–H groups in total. The molecule has 0 aliphatic carbocycles. The van der Waals surface area contributed by atoms with E-state index in [0.717, 1.165) is 10.5 Å². The Morgan fingerprint density at radius 2 is 1.63 bits per heavy atom. The molecular weight excluding hydrogens is 279 g/mol. The van der Waals surface area contributed by atoms with Gasteiger partial charge in [0.2, 0.25) is 0 Å². The maximum Gasteiger partial charge on any atom is 0.196 e. The molecule has 98 valence electrons. The van der Waals surface area contributed by atoms with Crippen molar-refractivity contribution in [2.45, 2.75) is 11.4 Å². The third kappa shape index (κ3) is 4.96. The molecule has 0 amide bonds. The second kappa shape index (κ2) is 7.86. The standard InChI is InChI=1S/C14H13FN2S2/c15-17-14(16-11-12-7-3-1-4-8-12)19-18-13-9-5-2-6-10-13/h1-10H,11H2,(H,16,17). The molecule has 2 aromatic rings. The Kier molecular flexibility index (Phi) is 5.78. The molecule has 0 bridgehead atoms. The molecule has 0 atom stereocenters. The van der Waals surface area contributed by atoms with Gasteiger partial charge in [0.05, 0.1) is 6.54 Å². The van der Waals surface area contributed by atoms with Gasteiger partial charge in [0.25, 0.3) is 0 Å². The molecule has 19 heavy (non-hydrogen) atoms. The Hall–Kier alpha value is -1.46. The van der Waals surface area contributed by atoms with Crippen molar-refractivity contribution in [3.63, 3.8) is 0 Å². The molecule has 0 unspecified atom stereocenters. The first kappa shape index (κ1) is 14.0. The van der Waals surface area contributed by atoms with Gasteiger partial charge in [0.15, 0.2) is 5.17 Å². The SMILES string of the molecule is FNC(=NCc1ccccc1)SSc1ccccc1. The topological polar surface area (TPSA) is 24.4 Å². The summed E-state index contributed by atoms with van der Waals surface area (Å²) in [4.78, 5) is 5.27. The first-order valence-corrected chi connectivity index (χ1v) is 7.88. The third-order valence-electron chi connectivity index (χ3n) is 2.29. The van der Waals surface area contributed by atoms with Crippen LogP contribution < -0.4 is 5.54 Å². The molecule has 0 fully saturated rings. The zero-order valence-electron chi connectivity index (χ0n) is 10.1. The summed E-state index contributed by atoms with van der Waals surface area (Å²) in [5.74, 6) is 0. The van der Waals surface area contributed by atoms with Crippen LogP contribution in [0.1, 0.15) is 5.56 Å². The minimum absolute atomic E-state index is 0.276. The van der Waals surface area contributed by atoms with Crippen molar-refractivity contribution in [3.05, 3.63) is 66.2 Å². The van der Waals surface area contributed by atoms with Crippen LogP contribution in [0.4, 0.5) is 4.48 Å². The van der Waals surface area contributed by atoms with Crippen LogP contribution >= 0.6 is 21.6 Å². The number of hydrogen-bond donors (Lipinski definition) is 1. The van der Waals surface area contributed by atoms with Gasteiger partial charge in [-0.15, -0.1) is 4.48 Å². The van der Waals surface area contributed by atoms with Crippen LogP contribution in [-0.4, -0.2) is 5.17 Å². The molecule has 0 aliphatic heterocycles. The lowest BCUT2D eigenvalue weighted by molar-refractivity contribution is 0.437. The summed E-state index contributed by atoms with van der Waals surface area (Å²) in [6.45, 7) is 0.468. The van der Waals surface area contributed by atoms with Crippen LogP contribution in [0, 0.1) is 0 Å². The van der Waals surface area contributed by atoms with E-state index >= 15 is 0 Å². The Labute approximate surface area is 119 Å². The fraction of sp³-hybridized carbons (Fsp3) is 0.0714. The van der Waals surface area contributed by atoms with Gasteiger partial charge in [0.1, 0.15) is 0 Å². The van der Waals surface area contributed by atoms with Crippen LogP contribution in [0.5, 0.6) is 0 Å².